The van der Waals surface area contributed by atoms with Crippen molar-refractivity contribution in [3.63, 3.8) is 0 Å². The van der Waals surface area contributed by atoms with Gasteiger partial charge in [-0.05, 0) is 44.5 Å². The number of rotatable bonds is 4. The van der Waals surface area contributed by atoms with E-state index in [1.54, 1.807) is 21.6 Å². The van der Waals surface area contributed by atoms with E-state index in [1.807, 2.05) is 57.4 Å². The van der Waals surface area contributed by atoms with Crippen molar-refractivity contribution in [2.75, 3.05) is 18.0 Å². The maximum Gasteiger partial charge on any atom is 0.418 e. The number of ether oxygens (including phenoxy) is 1. The van der Waals surface area contributed by atoms with E-state index in [0.29, 0.717) is 6.54 Å². The van der Waals surface area contributed by atoms with Crippen LogP contribution >= 0.6 is 0 Å². The van der Waals surface area contributed by atoms with Crippen LogP contribution in [-0.2, 0) is 11.3 Å². The molecule has 4 heterocycles. The highest BCUT2D eigenvalue weighted by Gasteiger charge is 2.19. The van der Waals surface area contributed by atoms with Gasteiger partial charge in [0.2, 0.25) is 0 Å². The van der Waals surface area contributed by atoms with Crippen molar-refractivity contribution < 1.29 is 9.53 Å². The fraction of sp³-hybridized carbons (Fsp3) is 0.280. The average molecular weight is 443 g/mol. The molecule has 1 aliphatic heterocycles. The Labute approximate surface area is 192 Å². The number of benzene rings is 1. The van der Waals surface area contributed by atoms with E-state index in [2.05, 4.69) is 38.4 Å². The Hall–Kier alpha value is -3.94. The van der Waals surface area contributed by atoms with Crippen molar-refractivity contribution in [2.24, 2.45) is 0 Å². The number of hydrogen-bond donors (Lipinski definition) is 0. The van der Waals surface area contributed by atoms with E-state index < -0.39 is 11.7 Å². The van der Waals surface area contributed by atoms with Gasteiger partial charge in [0.05, 0.1) is 30.1 Å². The quantitative estimate of drug-likeness (QED) is 0.433. The molecule has 0 bridgehead atoms. The predicted molar refractivity (Wildman–Crippen MR) is 127 cm³/mol. The van der Waals surface area contributed by atoms with Crippen LogP contribution in [0.2, 0.25) is 0 Å². The highest BCUT2D eigenvalue weighted by molar-refractivity contribution is 5.90. The summed E-state index contributed by atoms with van der Waals surface area (Å²) in [6.07, 6.45) is 11.2. The maximum atomic E-state index is 12.6. The molecule has 4 aromatic rings. The Kier molecular flexibility index (Phi) is 5.20. The van der Waals surface area contributed by atoms with Crippen molar-refractivity contribution >= 4 is 22.7 Å². The largest absolute Gasteiger partial charge is 0.443 e. The molecular formula is C25H26N6O2. The first-order valence-electron chi connectivity index (χ1n) is 10.9. The van der Waals surface area contributed by atoms with Crippen LogP contribution in [0.25, 0.3) is 22.2 Å². The summed E-state index contributed by atoms with van der Waals surface area (Å²) in [6, 6.07) is 10.0. The molecule has 0 spiro atoms. The second kappa shape index (κ2) is 8.20. The average Bonchev–Trinajstić information content (AvgIpc) is 3.53. The molecule has 0 fully saturated rings. The predicted octanol–water partition coefficient (Wildman–Crippen LogP) is 4.50. The van der Waals surface area contributed by atoms with Gasteiger partial charge in [0.25, 0.3) is 0 Å². The van der Waals surface area contributed by atoms with E-state index in [9.17, 15) is 4.79 Å². The first kappa shape index (κ1) is 20.9. The number of anilines is 1. The van der Waals surface area contributed by atoms with Crippen molar-refractivity contribution in [3.05, 3.63) is 72.8 Å². The number of carbonyl (C=O) groups is 1. The van der Waals surface area contributed by atoms with Crippen LogP contribution in [0.1, 0.15) is 26.3 Å². The third-order valence-electron chi connectivity index (χ3n) is 5.43. The molecule has 0 radical (unpaired) electrons. The lowest BCUT2D eigenvalue weighted by atomic mass is 10.1. The third kappa shape index (κ3) is 4.50. The maximum absolute atomic E-state index is 12.6. The molecule has 168 valence electrons. The third-order valence-corrected chi connectivity index (χ3v) is 5.43. The van der Waals surface area contributed by atoms with E-state index in [4.69, 9.17) is 4.74 Å². The van der Waals surface area contributed by atoms with Gasteiger partial charge in [0.1, 0.15) is 11.3 Å². The summed E-state index contributed by atoms with van der Waals surface area (Å²) in [4.78, 5) is 19.2. The van der Waals surface area contributed by atoms with Gasteiger partial charge in [-0.2, -0.15) is 0 Å². The van der Waals surface area contributed by atoms with Gasteiger partial charge >= 0.3 is 6.09 Å². The van der Waals surface area contributed by atoms with Crippen LogP contribution in [0.5, 0.6) is 0 Å². The molecular weight excluding hydrogens is 416 g/mol. The topological polar surface area (TPSA) is 78.1 Å². The molecule has 8 heteroatoms. The molecule has 1 aromatic carbocycles. The molecule has 0 aliphatic carbocycles. The normalized spacial score (nSPS) is 13.7. The summed E-state index contributed by atoms with van der Waals surface area (Å²) in [6.45, 7) is 7.90. The van der Waals surface area contributed by atoms with E-state index in [-0.39, 0.29) is 0 Å². The zero-order valence-electron chi connectivity index (χ0n) is 19.0. The smallest absolute Gasteiger partial charge is 0.418 e. The summed E-state index contributed by atoms with van der Waals surface area (Å²) in [5.41, 5.74) is 4.03. The Morgan fingerprint density at radius 3 is 2.70 bits per heavy atom. The summed E-state index contributed by atoms with van der Waals surface area (Å²) >= 11 is 0. The minimum atomic E-state index is -0.556. The van der Waals surface area contributed by atoms with Crippen LogP contribution in [0.3, 0.4) is 0 Å². The van der Waals surface area contributed by atoms with Gasteiger partial charge in [-0.1, -0.05) is 29.5 Å². The first-order chi connectivity index (χ1) is 15.9. The molecule has 5 rings (SSSR count). The van der Waals surface area contributed by atoms with Crippen molar-refractivity contribution in [2.45, 2.75) is 32.9 Å². The molecule has 0 saturated heterocycles. The fourth-order valence-corrected chi connectivity index (χ4v) is 3.87. The Morgan fingerprint density at radius 1 is 1.09 bits per heavy atom. The summed E-state index contributed by atoms with van der Waals surface area (Å²) in [5.74, 6) is 0. The summed E-state index contributed by atoms with van der Waals surface area (Å²) in [7, 11) is 0. The van der Waals surface area contributed by atoms with Gasteiger partial charge in [-0.25, -0.2) is 9.48 Å². The number of aromatic nitrogens is 5. The SMILES string of the molecule is CC(C)(C)OC(=O)n1ccc2ccc(Cn3cc(-c4cncc(N5CC=CC5)c4)nn3)cc21. The highest BCUT2D eigenvalue weighted by Crippen LogP contribution is 2.24. The summed E-state index contributed by atoms with van der Waals surface area (Å²) in [5, 5.41) is 9.63. The van der Waals surface area contributed by atoms with Gasteiger partial charge in [0.15, 0.2) is 0 Å². The van der Waals surface area contributed by atoms with Crippen molar-refractivity contribution in [3.8, 4) is 11.3 Å². The van der Waals surface area contributed by atoms with Crippen LogP contribution in [0.15, 0.2) is 67.3 Å². The zero-order valence-corrected chi connectivity index (χ0v) is 19.0. The Bertz CT molecular complexity index is 1340. The van der Waals surface area contributed by atoms with Crippen molar-refractivity contribution in [1.29, 1.82) is 0 Å². The van der Waals surface area contributed by atoms with Crippen LogP contribution in [0, 0.1) is 0 Å². The zero-order chi connectivity index (χ0) is 23.0. The molecule has 3 aromatic heterocycles. The monoisotopic (exact) mass is 442 g/mol. The second-order valence-corrected chi connectivity index (χ2v) is 9.17. The van der Waals surface area contributed by atoms with Crippen LogP contribution in [0.4, 0.5) is 10.5 Å². The van der Waals surface area contributed by atoms with E-state index in [0.717, 1.165) is 46.5 Å². The van der Waals surface area contributed by atoms with E-state index >= 15 is 0 Å². The fourth-order valence-electron chi connectivity index (χ4n) is 3.87. The standard InChI is InChI=1S/C25H26N6O2/c1-25(2,3)33-24(32)31-11-8-19-7-6-18(12-23(19)31)16-30-17-22(27-28-30)20-13-21(15-26-14-20)29-9-4-5-10-29/h4-8,11-15,17H,9-10,16H2,1-3H3. The van der Waals surface area contributed by atoms with Gasteiger partial charge in [-0.3, -0.25) is 9.55 Å². The van der Waals surface area contributed by atoms with Gasteiger partial charge in [-0.15, -0.1) is 5.10 Å². The molecule has 0 saturated carbocycles. The van der Waals surface area contributed by atoms with E-state index in [1.165, 1.54) is 0 Å². The number of fused-ring (bicyclic) bond motifs is 1. The molecule has 1 aliphatic rings. The minimum Gasteiger partial charge on any atom is -0.443 e. The molecule has 33 heavy (non-hydrogen) atoms. The Balaban J connectivity index is 1.36. The first-order valence-corrected chi connectivity index (χ1v) is 10.9. The second-order valence-electron chi connectivity index (χ2n) is 9.17. The number of carbonyl (C=O) groups excluding carboxylic acids is 1. The molecule has 0 N–H and O–H groups in total. The molecule has 0 atom stereocenters. The van der Waals surface area contributed by atoms with Crippen molar-refractivity contribution in [1.82, 2.24) is 24.5 Å². The minimum absolute atomic E-state index is 0.390. The van der Waals surface area contributed by atoms with Gasteiger partial charge in [0, 0.05) is 36.4 Å². The number of pyridine rings is 1. The van der Waals surface area contributed by atoms with Crippen LogP contribution in [-0.4, -0.2) is 49.3 Å². The lowest BCUT2D eigenvalue weighted by molar-refractivity contribution is 0.0544. The lowest BCUT2D eigenvalue weighted by Crippen LogP contribution is -2.26. The summed E-state index contributed by atoms with van der Waals surface area (Å²) < 4.78 is 8.87. The van der Waals surface area contributed by atoms with Crippen LogP contribution < -0.4 is 4.90 Å². The highest BCUT2D eigenvalue weighted by atomic mass is 16.6. The van der Waals surface area contributed by atoms with Gasteiger partial charge < -0.3 is 9.64 Å². The molecule has 0 amide bonds. The lowest BCUT2D eigenvalue weighted by Gasteiger charge is -2.19. The number of nitrogens with zero attached hydrogens (tertiary/aromatic N) is 6. The number of hydrogen-bond acceptors (Lipinski definition) is 6. The molecule has 0 unspecified atom stereocenters. The molecule has 8 nitrogen and oxygen atoms in total. The Morgan fingerprint density at radius 2 is 1.91 bits per heavy atom.